The maximum absolute atomic E-state index is 13.5. The Morgan fingerprint density at radius 1 is 1.27 bits per heavy atom. The molecule has 1 amide bonds. The van der Waals surface area contributed by atoms with Gasteiger partial charge in [-0.1, -0.05) is 12.1 Å². The van der Waals surface area contributed by atoms with Crippen molar-refractivity contribution in [3.63, 3.8) is 0 Å². The van der Waals surface area contributed by atoms with E-state index in [1.807, 2.05) is 54.7 Å². The van der Waals surface area contributed by atoms with Crippen LogP contribution in [0, 0.1) is 13.8 Å². The third kappa shape index (κ3) is 3.49. The number of hydrogen-bond acceptors (Lipinski definition) is 5. The lowest BCUT2D eigenvalue weighted by atomic mass is 9.96. The molecule has 2 aromatic heterocycles. The first kappa shape index (κ1) is 20.2. The van der Waals surface area contributed by atoms with E-state index >= 15 is 0 Å². The van der Waals surface area contributed by atoms with Gasteiger partial charge in [0.1, 0.15) is 5.82 Å². The second kappa shape index (κ2) is 7.97. The molecule has 1 aromatic carbocycles. The Balaban J connectivity index is 1.72. The summed E-state index contributed by atoms with van der Waals surface area (Å²) in [5, 5.41) is 4.81. The number of nitrogens with zero attached hydrogens (tertiary/aromatic N) is 5. The quantitative estimate of drug-likeness (QED) is 0.668. The highest BCUT2D eigenvalue weighted by molar-refractivity contribution is 6.00. The van der Waals surface area contributed by atoms with E-state index in [2.05, 4.69) is 11.8 Å². The van der Waals surface area contributed by atoms with Crippen LogP contribution >= 0.6 is 0 Å². The van der Waals surface area contributed by atoms with Crippen LogP contribution in [0.5, 0.6) is 0 Å². The number of likely N-dealkylation sites (tertiary alicyclic amines) is 1. The Hall–Kier alpha value is -3.09. The van der Waals surface area contributed by atoms with E-state index in [9.17, 15) is 4.79 Å². The third-order valence-corrected chi connectivity index (χ3v) is 6.08. The summed E-state index contributed by atoms with van der Waals surface area (Å²) in [5.74, 6) is 0.948. The molecular weight excluding hydrogens is 376 g/mol. The van der Waals surface area contributed by atoms with Crippen LogP contribution in [-0.4, -0.2) is 45.5 Å². The molecule has 7 heteroatoms. The zero-order chi connectivity index (χ0) is 21.4. The van der Waals surface area contributed by atoms with Gasteiger partial charge in [-0.15, -0.1) is 0 Å². The first-order chi connectivity index (χ1) is 14.4. The molecule has 1 aliphatic heterocycles. The minimum atomic E-state index is -0.0698. The van der Waals surface area contributed by atoms with Crippen molar-refractivity contribution in [1.29, 1.82) is 0 Å². The largest absolute Gasteiger partial charge is 0.398 e. The Morgan fingerprint density at radius 2 is 2.07 bits per heavy atom. The number of piperidine rings is 1. The molecule has 4 rings (SSSR count). The minimum absolute atomic E-state index is 0.0112. The summed E-state index contributed by atoms with van der Waals surface area (Å²) >= 11 is 0. The molecular formula is C23H30N6O. The van der Waals surface area contributed by atoms with Gasteiger partial charge in [-0.2, -0.15) is 5.10 Å². The summed E-state index contributed by atoms with van der Waals surface area (Å²) < 4.78 is 1.83. The van der Waals surface area contributed by atoms with Gasteiger partial charge in [0.05, 0.1) is 17.3 Å². The molecule has 3 heterocycles. The number of carbonyl (C=O) groups is 1. The van der Waals surface area contributed by atoms with Gasteiger partial charge in [0.15, 0.2) is 5.65 Å². The summed E-state index contributed by atoms with van der Waals surface area (Å²) in [7, 11) is 2.04. The molecule has 30 heavy (non-hydrogen) atoms. The zero-order valence-electron chi connectivity index (χ0n) is 18.2. The van der Waals surface area contributed by atoms with E-state index in [1.165, 1.54) is 0 Å². The minimum Gasteiger partial charge on any atom is -0.398 e. The number of carbonyl (C=O) groups excluding carboxylic acids is 1. The van der Waals surface area contributed by atoms with Crippen LogP contribution in [-0.2, 0) is 0 Å². The lowest BCUT2D eigenvalue weighted by molar-refractivity contribution is 0.0606. The van der Waals surface area contributed by atoms with Crippen molar-refractivity contribution < 1.29 is 4.79 Å². The maximum atomic E-state index is 13.5. The van der Waals surface area contributed by atoms with Crippen molar-refractivity contribution in [3.8, 4) is 0 Å². The molecule has 0 bridgehead atoms. The topological polar surface area (TPSA) is 79.8 Å². The molecule has 7 nitrogen and oxygen atoms in total. The number of hydrogen-bond donors (Lipinski definition) is 1. The Labute approximate surface area is 177 Å². The molecule has 0 spiro atoms. The van der Waals surface area contributed by atoms with Gasteiger partial charge in [-0.3, -0.25) is 4.79 Å². The summed E-state index contributed by atoms with van der Waals surface area (Å²) in [5.41, 5.74) is 11.0. The van der Waals surface area contributed by atoms with Crippen LogP contribution in [0.2, 0.25) is 0 Å². The normalized spacial score (nSPS) is 16.8. The van der Waals surface area contributed by atoms with Gasteiger partial charge in [0, 0.05) is 43.7 Å². The lowest BCUT2D eigenvalue weighted by Gasteiger charge is -2.35. The van der Waals surface area contributed by atoms with Crippen molar-refractivity contribution in [3.05, 3.63) is 52.8 Å². The molecule has 2 N–H and O–H groups in total. The van der Waals surface area contributed by atoms with Crippen LogP contribution in [0.25, 0.3) is 5.65 Å². The Kier molecular flexibility index (Phi) is 5.37. The van der Waals surface area contributed by atoms with E-state index in [-0.39, 0.29) is 11.9 Å². The molecule has 3 aromatic rings. The first-order valence-electron chi connectivity index (χ1n) is 10.6. The van der Waals surface area contributed by atoms with Gasteiger partial charge in [0.25, 0.3) is 5.91 Å². The number of amides is 1. The number of benzene rings is 1. The number of rotatable bonds is 4. The highest BCUT2D eigenvalue weighted by Crippen LogP contribution is 2.33. The third-order valence-electron chi connectivity index (χ3n) is 6.08. The highest BCUT2D eigenvalue weighted by Gasteiger charge is 2.32. The molecule has 1 saturated heterocycles. The average molecular weight is 407 g/mol. The molecule has 0 saturated carbocycles. The van der Waals surface area contributed by atoms with Crippen LogP contribution in [0.15, 0.2) is 30.5 Å². The van der Waals surface area contributed by atoms with Crippen LogP contribution in [0.4, 0.5) is 11.5 Å². The average Bonchev–Trinajstić information content (AvgIpc) is 3.15. The predicted octanol–water partition coefficient (Wildman–Crippen LogP) is 3.75. The Bertz CT molecular complexity index is 1070. The van der Waals surface area contributed by atoms with Crippen molar-refractivity contribution in [2.75, 3.05) is 30.8 Å². The monoisotopic (exact) mass is 406 g/mol. The molecule has 1 aliphatic rings. The summed E-state index contributed by atoms with van der Waals surface area (Å²) in [6, 6.07) is 7.56. The molecule has 158 valence electrons. The molecule has 0 aliphatic carbocycles. The number of nitrogens with two attached hydrogens (primary N) is 1. The SMILES string of the molecule is CCN(C)c1nc2cc(C3CCCCN3C(=O)c3c(C)cccc3N)nn2cc1C. The fraction of sp³-hybridized carbons (Fsp3) is 0.435. The summed E-state index contributed by atoms with van der Waals surface area (Å²) in [4.78, 5) is 22.4. The van der Waals surface area contributed by atoms with E-state index < -0.39 is 0 Å². The lowest BCUT2D eigenvalue weighted by Crippen LogP contribution is -2.39. The van der Waals surface area contributed by atoms with E-state index in [0.717, 1.165) is 54.1 Å². The molecule has 1 fully saturated rings. The van der Waals surface area contributed by atoms with Gasteiger partial charge in [-0.05, 0) is 51.7 Å². The maximum Gasteiger partial charge on any atom is 0.256 e. The van der Waals surface area contributed by atoms with Crippen molar-refractivity contribution in [2.24, 2.45) is 0 Å². The number of aryl methyl sites for hydroxylation is 2. The smallest absolute Gasteiger partial charge is 0.256 e. The second-order valence-electron chi connectivity index (χ2n) is 8.18. The number of nitrogen functional groups attached to an aromatic ring is 1. The molecule has 1 atom stereocenters. The molecule has 0 radical (unpaired) electrons. The standard InChI is InChI=1S/C23H30N6O/c1-5-27(4)22-16(3)14-29-20(25-22)13-18(26-29)19-11-6-7-12-28(19)23(30)21-15(2)9-8-10-17(21)24/h8-10,13-14,19H,5-7,11-12,24H2,1-4H3. The van der Waals surface area contributed by atoms with Gasteiger partial charge < -0.3 is 15.5 Å². The van der Waals surface area contributed by atoms with Crippen molar-refractivity contribution >= 4 is 23.1 Å². The fourth-order valence-electron chi connectivity index (χ4n) is 4.33. The Morgan fingerprint density at radius 3 is 2.80 bits per heavy atom. The highest BCUT2D eigenvalue weighted by atomic mass is 16.2. The predicted molar refractivity (Wildman–Crippen MR) is 120 cm³/mol. The van der Waals surface area contributed by atoms with Gasteiger partial charge in [-0.25, -0.2) is 9.50 Å². The first-order valence-corrected chi connectivity index (χ1v) is 10.6. The van der Waals surface area contributed by atoms with Crippen LogP contribution in [0.3, 0.4) is 0 Å². The summed E-state index contributed by atoms with van der Waals surface area (Å²) in [6.45, 7) is 7.68. The summed E-state index contributed by atoms with van der Waals surface area (Å²) in [6.07, 6.45) is 4.97. The number of fused-ring (bicyclic) bond motifs is 1. The number of aromatic nitrogens is 3. The second-order valence-corrected chi connectivity index (χ2v) is 8.18. The van der Waals surface area contributed by atoms with Crippen LogP contribution in [0.1, 0.15) is 59.4 Å². The van der Waals surface area contributed by atoms with Crippen molar-refractivity contribution in [1.82, 2.24) is 19.5 Å². The van der Waals surface area contributed by atoms with E-state index in [1.54, 1.807) is 6.07 Å². The van der Waals surface area contributed by atoms with Crippen molar-refractivity contribution in [2.45, 2.75) is 46.1 Å². The van der Waals surface area contributed by atoms with E-state index in [4.69, 9.17) is 15.8 Å². The van der Waals surface area contributed by atoms with Crippen LogP contribution < -0.4 is 10.6 Å². The zero-order valence-corrected chi connectivity index (χ0v) is 18.2. The fourth-order valence-corrected chi connectivity index (χ4v) is 4.33. The van der Waals surface area contributed by atoms with E-state index in [0.29, 0.717) is 17.8 Å². The van der Waals surface area contributed by atoms with Gasteiger partial charge in [0.2, 0.25) is 0 Å². The number of anilines is 2. The molecule has 1 unspecified atom stereocenters. The van der Waals surface area contributed by atoms with Gasteiger partial charge >= 0.3 is 0 Å².